The molecule has 1 aromatic rings. The van der Waals surface area contributed by atoms with Gasteiger partial charge in [-0.15, -0.1) is 0 Å². The van der Waals surface area contributed by atoms with Gasteiger partial charge in [0.15, 0.2) is 5.75 Å². The van der Waals surface area contributed by atoms with Gasteiger partial charge in [-0.1, -0.05) is 6.92 Å². The number of nitrogens with zero attached hydrogens (tertiary/aromatic N) is 1. The van der Waals surface area contributed by atoms with E-state index >= 15 is 0 Å². The molecule has 1 aromatic carbocycles. The van der Waals surface area contributed by atoms with Crippen molar-refractivity contribution in [3.05, 3.63) is 22.2 Å². The molecule has 0 heterocycles. The normalized spacial score (nSPS) is 23.5. The van der Waals surface area contributed by atoms with E-state index < -0.39 is 45.8 Å². The maximum absolute atomic E-state index is 12.3. The van der Waals surface area contributed by atoms with Crippen LogP contribution < -0.4 is 5.32 Å². The van der Waals surface area contributed by atoms with Gasteiger partial charge in [-0.05, 0) is 25.2 Å². The van der Waals surface area contributed by atoms with Gasteiger partial charge in [-0.25, -0.2) is 0 Å². The number of aliphatic carboxylic acids is 1. The van der Waals surface area contributed by atoms with Gasteiger partial charge in [0.25, 0.3) is 0 Å². The van der Waals surface area contributed by atoms with E-state index in [1.165, 1.54) is 0 Å². The minimum Gasteiger partial charge on any atom is -0.506 e. The van der Waals surface area contributed by atoms with Crippen molar-refractivity contribution in [1.29, 1.82) is 0 Å². The van der Waals surface area contributed by atoms with E-state index in [2.05, 4.69) is 5.32 Å². The molecule has 0 aliphatic heterocycles. The third-order valence-electron chi connectivity index (χ3n) is 4.40. The number of rotatable bonds is 4. The number of nitrogens with one attached hydrogen (secondary N) is 1. The van der Waals surface area contributed by atoms with Crippen molar-refractivity contribution in [2.24, 2.45) is 17.8 Å². The highest BCUT2D eigenvalue weighted by Crippen LogP contribution is 2.38. The number of carboxylic acid groups (broad SMARTS) is 1. The first-order valence-electron chi connectivity index (χ1n) is 7.44. The summed E-state index contributed by atoms with van der Waals surface area (Å²) < 4.78 is 0. The van der Waals surface area contributed by atoms with Gasteiger partial charge in [0.1, 0.15) is 5.75 Å². The molecule has 3 unspecified atom stereocenters. The number of phenolic OH excluding ortho intramolecular Hbond substituents is 2. The molecular formula is C15H18N2O7. The maximum atomic E-state index is 12.3. The third-order valence-corrected chi connectivity index (χ3v) is 4.40. The van der Waals surface area contributed by atoms with Gasteiger partial charge in [-0.2, -0.15) is 0 Å². The van der Waals surface area contributed by atoms with Gasteiger partial charge >= 0.3 is 11.7 Å². The molecule has 1 aliphatic rings. The van der Waals surface area contributed by atoms with Crippen LogP contribution in [0.5, 0.6) is 11.5 Å². The molecule has 130 valence electrons. The van der Waals surface area contributed by atoms with Crippen molar-refractivity contribution in [3.8, 4) is 11.5 Å². The smallest absolute Gasteiger partial charge is 0.314 e. The number of nitro groups is 1. The summed E-state index contributed by atoms with van der Waals surface area (Å²) in [5.41, 5.74) is -0.794. The van der Waals surface area contributed by atoms with E-state index in [9.17, 15) is 29.9 Å². The number of carboxylic acids is 1. The second-order valence-electron chi connectivity index (χ2n) is 6.04. The van der Waals surface area contributed by atoms with Crippen molar-refractivity contribution in [2.45, 2.75) is 26.2 Å². The molecule has 0 spiro atoms. The first-order valence-corrected chi connectivity index (χ1v) is 7.44. The second-order valence-corrected chi connectivity index (χ2v) is 6.04. The van der Waals surface area contributed by atoms with E-state index in [4.69, 9.17) is 5.11 Å². The molecular weight excluding hydrogens is 320 g/mol. The van der Waals surface area contributed by atoms with E-state index in [1.807, 2.05) is 0 Å². The number of anilines is 1. The summed E-state index contributed by atoms with van der Waals surface area (Å²) in [6.45, 7) is 1.77. The average Bonchev–Trinajstić information content (AvgIpc) is 2.49. The number of hydrogen-bond donors (Lipinski definition) is 4. The lowest BCUT2D eigenvalue weighted by Gasteiger charge is -2.30. The number of carbonyl (C=O) groups excluding carboxylic acids is 1. The monoisotopic (exact) mass is 338 g/mol. The van der Waals surface area contributed by atoms with Crippen LogP contribution >= 0.6 is 0 Å². The van der Waals surface area contributed by atoms with E-state index in [1.54, 1.807) is 6.92 Å². The zero-order valence-corrected chi connectivity index (χ0v) is 12.9. The fourth-order valence-corrected chi connectivity index (χ4v) is 3.05. The summed E-state index contributed by atoms with van der Waals surface area (Å²) in [6, 6.07) is 1.67. The molecule has 1 saturated carbocycles. The van der Waals surface area contributed by atoms with Crippen LogP contribution in [0.25, 0.3) is 0 Å². The van der Waals surface area contributed by atoms with Crippen LogP contribution in [-0.4, -0.2) is 32.1 Å². The summed E-state index contributed by atoms with van der Waals surface area (Å²) in [7, 11) is 0. The fourth-order valence-electron chi connectivity index (χ4n) is 3.05. The molecule has 0 saturated heterocycles. The molecule has 9 heteroatoms. The number of carbonyl (C=O) groups is 2. The van der Waals surface area contributed by atoms with Gasteiger partial charge in [0.05, 0.1) is 22.6 Å². The van der Waals surface area contributed by atoms with E-state index in [0.29, 0.717) is 19.3 Å². The number of benzene rings is 1. The van der Waals surface area contributed by atoms with Crippen LogP contribution in [0.3, 0.4) is 0 Å². The lowest BCUT2D eigenvalue weighted by atomic mass is 9.74. The third kappa shape index (κ3) is 3.55. The van der Waals surface area contributed by atoms with Crippen molar-refractivity contribution < 1.29 is 29.8 Å². The topological polar surface area (TPSA) is 150 Å². The van der Waals surface area contributed by atoms with Gasteiger partial charge < -0.3 is 20.6 Å². The summed E-state index contributed by atoms with van der Waals surface area (Å²) in [5, 5.41) is 41.5. The molecule has 0 aromatic heterocycles. The molecule has 3 atom stereocenters. The lowest BCUT2D eigenvalue weighted by molar-refractivity contribution is -0.385. The molecule has 4 N–H and O–H groups in total. The summed E-state index contributed by atoms with van der Waals surface area (Å²) >= 11 is 0. The number of aromatic hydroxyl groups is 2. The highest BCUT2D eigenvalue weighted by molar-refractivity contribution is 5.94. The van der Waals surface area contributed by atoms with Crippen molar-refractivity contribution >= 4 is 23.3 Å². The van der Waals surface area contributed by atoms with Crippen molar-refractivity contribution in [1.82, 2.24) is 0 Å². The second kappa shape index (κ2) is 6.73. The predicted molar refractivity (Wildman–Crippen MR) is 82.7 cm³/mol. The molecule has 1 amide bonds. The first kappa shape index (κ1) is 17.5. The average molecular weight is 338 g/mol. The highest BCUT2D eigenvalue weighted by atomic mass is 16.6. The standard InChI is InChI=1S/C15H18N2O7/c1-7-4-8(2-3-9(7)15(21)22)14(20)16-10-5-13(19)11(17(23)24)6-12(10)18/h5-9,18-19H,2-4H2,1H3,(H,16,20)(H,21,22). The maximum Gasteiger partial charge on any atom is 0.314 e. The Hall–Kier alpha value is -2.84. The van der Waals surface area contributed by atoms with Crippen LogP contribution in [0, 0.1) is 27.9 Å². The largest absolute Gasteiger partial charge is 0.506 e. The molecule has 1 aliphatic carbocycles. The van der Waals surface area contributed by atoms with Gasteiger partial charge in [0, 0.05) is 12.0 Å². The Kier molecular flexibility index (Phi) is 4.91. The number of nitro benzene ring substituents is 1. The lowest BCUT2D eigenvalue weighted by Crippen LogP contribution is -2.34. The minimum atomic E-state index is -0.876. The Morgan fingerprint density at radius 1 is 1.25 bits per heavy atom. The number of hydrogen-bond acceptors (Lipinski definition) is 6. The Morgan fingerprint density at radius 3 is 2.46 bits per heavy atom. The fraction of sp³-hybridized carbons (Fsp3) is 0.467. The van der Waals surface area contributed by atoms with Crippen LogP contribution in [0.15, 0.2) is 12.1 Å². The summed E-state index contributed by atoms with van der Waals surface area (Å²) in [4.78, 5) is 33.2. The SMILES string of the molecule is CC1CC(C(=O)Nc2cc(O)c([N+](=O)[O-])cc2O)CCC1C(=O)O. The zero-order valence-electron chi connectivity index (χ0n) is 12.9. The van der Waals surface area contributed by atoms with Crippen LogP contribution in [-0.2, 0) is 9.59 Å². The summed E-state index contributed by atoms with van der Waals surface area (Å²) in [5.74, 6) is -3.56. The molecule has 9 nitrogen and oxygen atoms in total. The Balaban J connectivity index is 2.09. The van der Waals surface area contributed by atoms with E-state index in [-0.39, 0.29) is 11.6 Å². The molecule has 0 bridgehead atoms. The van der Waals surface area contributed by atoms with Crippen molar-refractivity contribution in [3.63, 3.8) is 0 Å². The summed E-state index contributed by atoms with van der Waals surface area (Å²) in [6.07, 6.45) is 1.17. The molecule has 1 fully saturated rings. The first-order chi connectivity index (χ1) is 11.2. The molecule has 0 radical (unpaired) electrons. The molecule has 2 rings (SSSR count). The Labute approximate surface area is 137 Å². The zero-order chi connectivity index (χ0) is 18.0. The highest BCUT2D eigenvalue weighted by Gasteiger charge is 2.35. The number of phenols is 2. The minimum absolute atomic E-state index is 0.129. The quantitative estimate of drug-likeness (QED) is 0.284. The van der Waals surface area contributed by atoms with Gasteiger partial charge in [0.2, 0.25) is 5.91 Å². The number of amides is 1. The van der Waals surface area contributed by atoms with E-state index in [0.717, 1.165) is 12.1 Å². The van der Waals surface area contributed by atoms with Crippen LogP contribution in [0.2, 0.25) is 0 Å². The van der Waals surface area contributed by atoms with Crippen molar-refractivity contribution in [2.75, 3.05) is 5.32 Å². The van der Waals surface area contributed by atoms with Gasteiger partial charge in [-0.3, -0.25) is 19.7 Å². The van der Waals surface area contributed by atoms with Crippen LogP contribution in [0.1, 0.15) is 26.2 Å². The Bertz CT molecular complexity index is 689. The predicted octanol–water partition coefficient (Wildman–Crippen LogP) is 2.08. The van der Waals surface area contributed by atoms with Crippen LogP contribution in [0.4, 0.5) is 11.4 Å². The molecule has 24 heavy (non-hydrogen) atoms. The Morgan fingerprint density at radius 2 is 1.92 bits per heavy atom.